The minimum absolute atomic E-state index is 0.0342. The highest BCUT2D eigenvalue weighted by molar-refractivity contribution is 8.03. The number of thioether (sulfide) groups is 2. The van der Waals surface area contributed by atoms with Gasteiger partial charge in [0.1, 0.15) is 11.5 Å². The Morgan fingerprint density at radius 3 is 1.20 bits per heavy atom. The fourth-order valence-corrected chi connectivity index (χ4v) is 19.2. The summed E-state index contributed by atoms with van der Waals surface area (Å²) in [4.78, 5) is 0. The summed E-state index contributed by atoms with van der Waals surface area (Å²) < 4.78 is 0. The van der Waals surface area contributed by atoms with Crippen LogP contribution in [-0.2, 0) is 33.2 Å². The summed E-state index contributed by atoms with van der Waals surface area (Å²) in [5.41, 5.74) is 9.05. The third-order valence-corrected chi connectivity index (χ3v) is 22.1. The van der Waals surface area contributed by atoms with Crippen LogP contribution >= 0.6 is 23.5 Å². The second kappa shape index (κ2) is 15.7. The van der Waals surface area contributed by atoms with Crippen LogP contribution in [-0.4, -0.2) is 20.7 Å². The number of hydrogen-bond acceptors (Lipinski definition) is 4. The maximum absolute atomic E-state index is 12.5. The van der Waals surface area contributed by atoms with Crippen molar-refractivity contribution in [3.8, 4) is 11.5 Å². The molecule has 9 fully saturated rings. The van der Waals surface area contributed by atoms with Gasteiger partial charge in [0.2, 0.25) is 0 Å². The van der Waals surface area contributed by atoms with E-state index >= 15 is 0 Å². The van der Waals surface area contributed by atoms with Crippen molar-refractivity contribution in [3.05, 3.63) is 57.6 Å². The lowest BCUT2D eigenvalue weighted by atomic mass is 9.41. The van der Waals surface area contributed by atoms with Crippen LogP contribution in [0.25, 0.3) is 0 Å². The van der Waals surface area contributed by atoms with Gasteiger partial charge in [0, 0.05) is 55.1 Å². The Morgan fingerprint density at radius 1 is 0.533 bits per heavy atom. The van der Waals surface area contributed by atoms with E-state index in [-0.39, 0.29) is 21.7 Å². The summed E-state index contributed by atoms with van der Waals surface area (Å²) in [5.74, 6) is 7.76. The average Bonchev–Trinajstić information content (AvgIpc) is 3.13. The first kappa shape index (κ1) is 44.0. The molecule has 9 aliphatic rings. The Morgan fingerprint density at radius 2 is 0.883 bits per heavy atom. The van der Waals surface area contributed by atoms with Gasteiger partial charge in [0.25, 0.3) is 0 Å². The van der Waals surface area contributed by atoms with Crippen LogP contribution in [0.15, 0.2) is 24.3 Å². The molecule has 2 aromatic carbocycles. The molecule has 6 atom stereocenters. The van der Waals surface area contributed by atoms with Crippen molar-refractivity contribution in [2.45, 2.75) is 228 Å². The second-order valence-electron chi connectivity index (χ2n) is 25.8. The maximum Gasteiger partial charge on any atom is 0.123 e. The normalized spacial score (nSPS) is 37.6. The van der Waals surface area contributed by atoms with E-state index in [4.69, 9.17) is 0 Å². The smallest absolute Gasteiger partial charge is 0.123 e. The predicted molar refractivity (Wildman–Crippen MR) is 259 cm³/mol. The largest absolute Gasteiger partial charge is 0.507 e. The van der Waals surface area contributed by atoms with E-state index in [1.807, 2.05) is 0 Å². The summed E-state index contributed by atoms with van der Waals surface area (Å²) in [5, 5.41) is 26.2. The second-order valence-corrected chi connectivity index (χ2v) is 28.2. The molecule has 332 valence electrons. The Kier molecular flexibility index (Phi) is 11.5. The molecular formula is C56H84O2S2. The number of phenols is 2. The summed E-state index contributed by atoms with van der Waals surface area (Å²) in [6, 6.07) is 9.78. The molecule has 60 heavy (non-hydrogen) atoms. The van der Waals surface area contributed by atoms with E-state index in [0.717, 1.165) is 35.2 Å². The predicted octanol–water partition coefficient (Wildman–Crippen LogP) is 15.9. The molecule has 0 spiro atoms. The van der Waals surface area contributed by atoms with Crippen LogP contribution in [0.5, 0.6) is 11.5 Å². The topological polar surface area (TPSA) is 40.5 Å². The van der Waals surface area contributed by atoms with Crippen LogP contribution in [0, 0.1) is 46.3 Å². The first-order chi connectivity index (χ1) is 28.2. The van der Waals surface area contributed by atoms with E-state index < -0.39 is 0 Å². The SMILES string of the molecule is CC(C)C12CC3CC(CC(c4cc(C(C)(C)C)cc(CS[C@H]5CCCCCC[C@@H]5SCc5cc(C(C)(C)C)cc(C67CC8CC(C6)CC(C(C)C)(C8)C7)c5O)c4O)(C3)C1)C2. The number of hydrogen-bond donors (Lipinski definition) is 2. The third kappa shape index (κ3) is 7.86. The van der Waals surface area contributed by atoms with Gasteiger partial charge in [-0.1, -0.05) is 119 Å². The fraction of sp³-hybridized carbons (Fsp3) is 0.786. The molecule has 2 N–H and O–H groups in total. The molecule has 0 saturated heterocycles. The maximum atomic E-state index is 12.5. The van der Waals surface area contributed by atoms with Crippen LogP contribution in [0.3, 0.4) is 0 Å². The highest BCUT2D eigenvalue weighted by Crippen LogP contribution is 2.70. The molecule has 2 nitrogen and oxygen atoms in total. The molecule has 9 aliphatic carbocycles. The van der Waals surface area contributed by atoms with Crippen LogP contribution in [0.2, 0.25) is 0 Å². The summed E-state index contributed by atoms with van der Waals surface area (Å²) in [6.45, 7) is 24.2. The van der Waals surface area contributed by atoms with E-state index in [1.165, 1.54) is 149 Å². The van der Waals surface area contributed by atoms with Gasteiger partial charge in [-0.2, -0.15) is 23.5 Å². The minimum Gasteiger partial charge on any atom is -0.507 e. The number of phenolic OH excluding ortho intramolecular Hbond substituents is 2. The van der Waals surface area contributed by atoms with Gasteiger partial charge >= 0.3 is 0 Å². The standard InChI is InChI=1S/C56H84O2S2/c1-35(2)53-23-37-17-38(24-53)28-55(27-37,33-53)45-21-43(51(5,6)7)19-41(49(45)57)31-59-47-15-13-11-12-14-16-48(47)60-32-42-20-44(52(8,9)10)22-46(50(42)58)56-29-39-18-40(30-56)26-54(25-39,34-56)36(3)4/h19-22,35-40,47-48,57-58H,11-18,23-34H2,1-10H3/t37?,38?,39?,40?,47-,48-,53?,54?,55?,56?/m0/s1. The molecule has 0 aliphatic heterocycles. The lowest BCUT2D eigenvalue weighted by molar-refractivity contribution is -0.0968. The lowest BCUT2D eigenvalue weighted by Gasteiger charge is -2.64. The molecule has 0 radical (unpaired) electrons. The first-order valence-electron chi connectivity index (χ1n) is 25.2. The van der Waals surface area contributed by atoms with Gasteiger partial charge in [-0.15, -0.1) is 0 Å². The summed E-state index contributed by atoms with van der Waals surface area (Å²) in [7, 11) is 0. The fourth-order valence-electron chi connectivity index (χ4n) is 16.1. The molecule has 0 heterocycles. The summed E-state index contributed by atoms with van der Waals surface area (Å²) >= 11 is 4.30. The Bertz CT molecular complexity index is 1740. The Labute approximate surface area is 375 Å². The molecule has 4 heteroatoms. The molecular weight excluding hydrogens is 769 g/mol. The van der Waals surface area contributed by atoms with Gasteiger partial charge in [0.05, 0.1) is 0 Å². The molecule has 2 aromatic rings. The zero-order valence-electron chi connectivity index (χ0n) is 39.8. The number of benzene rings is 2. The molecule has 4 unspecified atom stereocenters. The van der Waals surface area contributed by atoms with E-state index in [9.17, 15) is 10.2 Å². The average molecular weight is 853 g/mol. The van der Waals surface area contributed by atoms with E-state index in [1.54, 1.807) is 0 Å². The van der Waals surface area contributed by atoms with Crippen molar-refractivity contribution in [3.63, 3.8) is 0 Å². The molecule has 11 rings (SSSR count). The van der Waals surface area contributed by atoms with Gasteiger partial charge < -0.3 is 10.2 Å². The van der Waals surface area contributed by atoms with Crippen molar-refractivity contribution < 1.29 is 10.2 Å². The summed E-state index contributed by atoms with van der Waals surface area (Å²) in [6.07, 6.45) is 23.9. The van der Waals surface area contributed by atoms with Gasteiger partial charge in [-0.05, 0) is 158 Å². The Hall–Kier alpha value is -1.26. The van der Waals surface area contributed by atoms with Crippen molar-refractivity contribution in [2.24, 2.45) is 46.3 Å². The van der Waals surface area contributed by atoms with Crippen LogP contribution < -0.4 is 0 Å². The number of rotatable bonds is 10. The quantitative estimate of drug-likeness (QED) is 0.250. The highest BCUT2D eigenvalue weighted by Gasteiger charge is 2.61. The Balaban J connectivity index is 0.994. The zero-order chi connectivity index (χ0) is 42.6. The van der Waals surface area contributed by atoms with Gasteiger partial charge in [0.15, 0.2) is 0 Å². The van der Waals surface area contributed by atoms with E-state index in [2.05, 4.69) is 117 Å². The van der Waals surface area contributed by atoms with Gasteiger partial charge in [-0.3, -0.25) is 0 Å². The molecule has 0 amide bonds. The van der Waals surface area contributed by atoms with Gasteiger partial charge in [-0.25, -0.2) is 0 Å². The van der Waals surface area contributed by atoms with Crippen molar-refractivity contribution in [1.29, 1.82) is 0 Å². The zero-order valence-corrected chi connectivity index (χ0v) is 41.4. The van der Waals surface area contributed by atoms with Crippen molar-refractivity contribution in [1.82, 2.24) is 0 Å². The minimum atomic E-state index is 0.0342. The monoisotopic (exact) mass is 853 g/mol. The van der Waals surface area contributed by atoms with E-state index in [0.29, 0.717) is 44.7 Å². The molecule has 9 saturated carbocycles. The van der Waals surface area contributed by atoms with Crippen molar-refractivity contribution in [2.75, 3.05) is 0 Å². The lowest BCUT2D eigenvalue weighted by Crippen LogP contribution is -2.55. The molecule has 8 bridgehead atoms. The first-order valence-corrected chi connectivity index (χ1v) is 27.3. The van der Waals surface area contributed by atoms with Crippen LogP contribution in [0.4, 0.5) is 0 Å². The third-order valence-electron chi connectivity index (χ3n) is 19.0. The molecule has 0 aromatic heterocycles. The number of aromatic hydroxyl groups is 2. The van der Waals surface area contributed by atoms with Crippen molar-refractivity contribution >= 4 is 23.5 Å². The van der Waals surface area contributed by atoms with Crippen LogP contribution in [0.1, 0.15) is 218 Å². The highest BCUT2D eigenvalue weighted by atomic mass is 32.2.